The Kier molecular flexibility index (Phi) is 8.70. The number of ether oxygens (including phenoxy) is 1. The Morgan fingerprint density at radius 2 is 1.89 bits per heavy atom. The van der Waals surface area contributed by atoms with Gasteiger partial charge in [-0.05, 0) is 57.4 Å². The van der Waals surface area contributed by atoms with Crippen LogP contribution in [0.4, 0.5) is 0 Å². The maximum absolute atomic E-state index is 5.46. The van der Waals surface area contributed by atoms with Crippen molar-refractivity contribution in [3.05, 3.63) is 0 Å². The first-order chi connectivity index (χ1) is 8.77. The van der Waals surface area contributed by atoms with Crippen LogP contribution in [0.2, 0.25) is 0 Å². The fraction of sp³-hybridized carbons (Fsp3) is 1.00. The van der Waals surface area contributed by atoms with Crippen LogP contribution in [0, 0.1) is 11.8 Å². The van der Waals surface area contributed by atoms with E-state index < -0.39 is 0 Å². The van der Waals surface area contributed by atoms with E-state index in [1.54, 1.807) is 0 Å². The Morgan fingerprint density at radius 1 is 1.17 bits per heavy atom. The summed E-state index contributed by atoms with van der Waals surface area (Å²) in [6.45, 7) is 9.70. The molecule has 0 aromatic rings. The van der Waals surface area contributed by atoms with Crippen molar-refractivity contribution in [3.63, 3.8) is 0 Å². The zero-order chi connectivity index (χ0) is 13.2. The second kappa shape index (κ2) is 9.80. The van der Waals surface area contributed by atoms with E-state index in [4.69, 9.17) is 4.74 Å². The van der Waals surface area contributed by atoms with Crippen LogP contribution < -0.4 is 5.32 Å². The van der Waals surface area contributed by atoms with Gasteiger partial charge in [-0.1, -0.05) is 26.7 Å². The van der Waals surface area contributed by atoms with Crippen molar-refractivity contribution in [1.29, 1.82) is 0 Å². The predicted molar refractivity (Wildman–Crippen MR) is 78.9 cm³/mol. The van der Waals surface area contributed by atoms with Crippen LogP contribution in [-0.4, -0.2) is 25.8 Å². The van der Waals surface area contributed by atoms with E-state index in [-0.39, 0.29) is 0 Å². The average molecular weight is 255 g/mol. The summed E-state index contributed by atoms with van der Waals surface area (Å²) in [5.74, 6) is 1.87. The average Bonchev–Trinajstić information content (AvgIpc) is 2.39. The summed E-state index contributed by atoms with van der Waals surface area (Å²) in [7, 11) is 0. The summed E-state index contributed by atoms with van der Waals surface area (Å²) in [6.07, 6.45) is 9.46. The van der Waals surface area contributed by atoms with E-state index in [9.17, 15) is 0 Å². The van der Waals surface area contributed by atoms with E-state index >= 15 is 0 Å². The van der Waals surface area contributed by atoms with Crippen molar-refractivity contribution < 1.29 is 4.74 Å². The molecule has 2 heteroatoms. The highest BCUT2D eigenvalue weighted by Gasteiger charge is 2.25. The SMILES string of the molecule is CCCNC(CCCOCC)C1CCC(C)CC1. The second-order valence-electron chi connectivity index (χ2n) is 5.92. The summed E-state index contributed by atoms with van der Waals surface area (Å²) in [6, 6.07) is 0.734. The molecule has 0 aromatic carbocycles. The molecule has 0 aliphatic heterocycles. The van der Waals surface area contributed by atoms with Gasteiger partial charge in [0.05, 0.1) is 0 Å². The Hall–Kier alpha value is -0.0800. The fourth-order valence-electron chi connectivity index (χ4n) is 3.07. The molecule has 18 heavy (non-hydrogen) atoms. The molecular formula is C16H33NO. The maximum atomic E-state index is 5.46. The van der Waals surface area contributed by atoms with Gasteiger partial charge < -0.3 is 10.1 Å². The normalized spacial score (nSPS) is 26.2. The molecule has 0 heterocycles. The third-order valence-electron chi connectivity index (χ3n) is 4.29. The monoisotopic (exact) mass is 255 g/mol. The minimum Gasteiger partial charge on any atom is -0.382 e. The summed E-state index contributed by atoms with van der Waals surface area (Å²) in [5.41, 5.74) is 0. The number of nitrogens with one attached hydrogen (secondary N) is 1. The lowest BCUT2D eigenvalue weighted by Crippen LogP contribution is -2.38. The summed E-state index contributed by atoms with van der Waals surface area (Å²) >= 11 is 0. The van der Waals surface area contributed by atoms with Gasteiger partial charge in [-0.2, -0.15) is 0 Å². The molecule has 1 unspecified atom stereocenters. The Morgan fingerprint density at radius 3 is 2.50 bits per heavy atom. The molecule has 2 nitrogen and oxygen atoms in total. The smallest absolute Gasteiger partial charge is 0.0466 e. The van der Waals surface area contributed by atoms with Crippen molar-refractivity contribution in [2.24, 2.45) is 11.8 Å². The molecule has 0 saturated heterocycles. The zero-order valence-electron chi connectivity index (χ0n) is 12.7. The molecule has 1 rings (SSSR count). The van der Waals surface area contributed by atoms with Gasteiger partial charge in [-0.3, -0.25) is 0 Å². The van der Waals surface area contributed by atoms with Gasteiger partial charge in [0.2, 0.25) is 0 Å². The van der Waals surface area contributed by atoms with Crippen molar-refractivity contribution in [2.45, 2.75) is 71.8 Å². The Labute approximate surface area is 114 Å². The topological polar surface area (TPSA) is 21.3 Å². The summed E-state index contributed by atoms with van der Waals surface area (Å²) < 4.78 is 5.46. The molecule has 0 amide bonds. The van der Waals surface area contributed by atoms with Crippen molar-refractivity contribution in [3.8, 4) is 0 Å². The Balaban J connectivity index is 2.29. The lowest BCUT2D eigenvalue weighted by molar-refractivity contribution is 0.134. The van der Waals surface area contributed by atoms with Crippen LogP contribution in [-0.2, 0) is 4.74 Å². The predicted octanol–water partition coefficient (Wildman–Crippen LogP) is 4.00. The molecule has 1 saturated carbocycles. The van der Waals surface area contributed by atoms with E-state index in [1.807, 2.05) is 0 Å². The van der Waals surface area contributed by atoms with Gasteiger partial charge in [0.25, 0.3) is 0 Å². The van der Waals surface area contributed by atoms with Gasteiger partial charge in [0.15, 0.2) is 0 Å². The van der Waals surface area contributed by atoms with Crippen molar-refractivity contribution in [1.82, 2.24) is 5.32 Å². The van der Waals surface area contributed by atoms with Gasteiger partial charge >= 0.3 is 0 Å². The van der Waals surface area contributed by atoms with Crippen molar-refractivity contribution >= 4 is 0 Å². The van der Waals surface area contributed by atoms with Gasteiger partial charge in [-0.15, -0.1) is 0 Å². The number of hydrogen-bond donors (Lipinski definition) is 1. The number of rotatable bonds is 9. The fourth-order valence-corrected chi connectivity index (χ4v) is 3.07. The van der Waals surface area contributed by atoms with Crippen molar-refractivity contribution in [2.75, 3.05) is 19.8 Å². The molecule has 0 spiro atoms. The van der Waals surface area contributed by atoms with E-state index in [2.05, 4.69) is 26.1 Å². The third kappa shape index (κ3) is 6.19. The van der Waals surface area contributed by atoms with Crippen LogP contribution in [0.1, 0.15) is 65.7 Å². The molecule has 108 valence electrons. The minimum absolute atomic E-state index is 0.734. The highest BCUT2D eigenvalue weighted by atomic mass is 16.5. The Bertz CT molecular complexity index is 188. The molecular weight excluding hydrogens is 222 g/mol. The zero-order valence-corrected chi connectivity index (χ0v) is 12.7. The number of hydrogen-bond acceptors (Lipinski definition) is 2. The van der Waals surface area contributed by atoms with E-state index in [0.717, 1.165) is 31.1 Å². The molecule has 1 aliphatic rings. The molecule has 1 N–H and O–H groups in total. The maximum Gasteiger partial charge on any atom is 0.0466 e. The van der Waals surface area contributed by atoms with Gasteiger partial charge in [0, 0.05) is 19.3 Å². The lowest BCUT2D eigenvalue weighted by Gasteiger charge is -2.33. The largest absolute Gasteiger partial charge is 0.382 e. The summed E-state index contributed by atoms with van der Waals surface area (Å²) in [4.78, 5) is 0. The first-order valence-corrected chi connectivity index (χ1v) is 8.09. The lowest BCUT2D eigenvalue weighted by atomic mass is 9.78. The van der Waals surface area contributed by atoms with Crippen LogP contribution in [0.25, 0.3) is 0 Å². The van der Waals surface area contributed by atoms with Gasteiger partial charge in [-0.25, -0.2) is 0 Å². The highest BCUT2D eigenvalue weighted by Crippen LogP contribution is 2.31. The van der Waals surface area contributed by atoms with Gasteiger partial charge in [0.1, 0.15) is 0 Å². The molecule has 1 fully saturated rings. The van der Waals surface area contributed by atoms with E-state index in [1.165, 1.54) is 51.5 Å². The molecule has 0 bridgehead atoms. The standard InChI is InChI=1S/C16H33NO/c1-4-12-17-16(7-6-13-18-5-2)15-10-8-14(3)9-11-15/h14-17H,4-13H2,1-3H3. The van der Waals surface area contributed by atoms with Crippen LogP contribution >= 0.6 is 0 Å². The molecule has 0 aromatic heterocycles. The molecule has 1 aliphatic carbocycles. The first-order valence-electron chi connectivity index (χ1n) is 8.09. The molecule has 0 radical (unpaired) electrons. The van der Waals surface area contributed by atoms with Crippen LogP contribution in [0.3, 0.4) is 0 Å². The second-order valence-corrected chi connectivity index (χ2v) is 5.92. The molecule has 1 atom stereocenters. The quantitative estimate of drug-likeness (QED) is 0.629. The first kappa shape index (κ1) is 16.0. The third-order valence-corrected chi connectivity index (χ3v) is 4.29. The minimum atomic E-state index is 0.734. The van der Waals surface area contributed by atoms with Crippen LogP contribution in [0.15, 0.2) is 0 Å². The highest BCUT2D eigenvalue weighted by molar-refractivity contribution is 4.81. The van der Waals surface area contributed by atoms with E-state index in [0.29, 0.717) is 0 Å². The van der Waals surface area contributed by atoms with Crippen LogP contribution in [0.5, 0.6) is 0 Å². The summed E-state index contributed by atoms with van der Waals surface area (Å²) in [5, 5.41) is 3.78.